The van der Waals surface area contributed by atoms with Crippen molar-refractivity contribution in [1.82, 2.24) is 9.21 Å². The summed E-state index contributed by atoms with van der Waals surface area (Å²) < 4.78 is 37.3. The Kier molecular flexibility index (Phi) is 9.01. The average Bonchev–Trinajstić information content (AvgIpc) is 3.16. The molecule has 0 bridgehead atoms. The van der Waals surface area contributed by atoms with Crippen LogP contribution in [0.25, 0.3) is 0 Å². The Morgan fingerprint density at radius 3 is 2.73 bits per heavy atom. The number of ether oxygens (including phenoxy) is 2. The molecule has 0 radical (unpaired) electrons. The van der Waals surface area contributed by atoms with Gasteiger partial charge < -0.3 is 14.4 Å². The lowest BCUT2D eigenvalue weighted by atomic mass is 9.96. The molecule has 2 fully saturated rings. The minimum Gasteiger partial charge on any atom is -0.491 e. The highest BCUT2D eigenvalue weighted by molar-refractivity contribution is 9.10. The van der Waals surface area contributed by atoms with Crippen molar-refractivity contribution in [3.8, 4) is 5.75 Å². The van der Waals surface area contributed by atoms with Crippen molar-refractivity contribution >= 4 is 26.0 Å². The van der Waals surface area contributed by atoms with Gasteiger partial charge >= 0.3 is 0 Å². The Bertz CT molecular complexity index is 789. The first-order valence-electron chi connectivity index (χ1n) is 10.9. The van der Waals surface area contributed by atoms with Crippen molar-refractivity contribution < 1.29 is 17.9 Å². The molecule has 0 aliphatic carbocycles. The van der Waals surface area contributed by atoms with Crippen LogP contribution in [-0.4, -0.2) is 76.9 Å². The van der Waals surface area contributed by atoms with Crippen LogP contribution < -0.4 is 4.74 Å². The van der Waals surface area contributed by atoms with Crippen molar-refractivity contribution in [3.05, 3.63) is 28.2 Å². The maximum Gasteiger partial charge on any atom is 0.211 e. The fourth-order valence-corrected chi connectivity index (χ4v) is 5.91. The van der Waals surface area contributed by atoms with Gasteiger partial charge in [0.25, 0.3) is 0 Å². The number of nitrogens with zero attached hydrogens (tertiary/aromatic N) is 2. The van der Waals surface area contributed by atoms with Gasteiger partial charge in [-0.05, 0) is 80.8 Å². The number of hydrogen-bond donors (Lipinski definition) is 0. The minimum absolute atomic E-state index is 0.489. The summed E-state index contributed by atoms with van der Waals surface area (Å²) in [7, 11) is -1.38. The van der Waals surface area contributed by atoms with Gasteiger partial charge in [0.2, 0.25) is 10.0 Å². The molecule has 2 heterocycles. The van der Waals surface area contributed by atoms with Gasteiger partial charge in [-0.3, -0.25) is 0 Å². The lowest BCUT2D eigenvalue weighted by Crippen LogP contribution is -2.40. The smallest absolute Gasteiger partial charge is 0.211 e. The van der Waals surface area contributed by atoms with Crippen LogP contribution in [0.1, 0.15) is 31.2 Å². The molecule has 3 rings (SSSR count). The van der Waals surface area contributed by atoms with E-state index in [-0.39, 0.29) is 0 Å². The number of piperidine rings is 1. The monoisotopic (exact) mass is 502 g/mol. The molecule has 0 saturated carbocycles. The Morgan fingerprint density at radius 2 is 1.97 bits per heavy atom. The summed E-state index contributed by atoms with van der Waals surface area (Å²) in [6.07, 6.45) is 6.80. The fourth-order valence-electron chi connectivity index (χ4n) is 4.56. The number of likely N-dealkylation sites (tertiary alicyclic amines) is 1. The summed E-state index contributed by atoms with van der Waals surface area (Å²) in [5, 5.41) is 0. The van der Waals surface area contributed by atoms with E-state index in [1.54, 1.807) is 11.4 Å². The summed E-state index contributed by atoms with van der Waals surface area (Å²) >= 11 is 3.69. The molecular weight excluding hydrogens is 468 g/mol. The lowest BCUT2D eigenvalue weighted by molar-refractivity contribution is 0.146. The Morgan fingerprint density at radius 1 is 1.13 bits per heavy atom. The second kappa shape index (κ2) is 11.3. The third kappa shape index (κ3) is 7.19. The molecule has 0 amide bonds. The molecule has 2 aliphatic heterocycles. The first-order valence-corrected chi connectivity index (χ1v) is 13.6. The van der Waals surface area contributed by atoms with E-state index in [4.69, 9.17) is 9.47 Å². The van der Waals surface area contributed by atoms with Crippen molar-refractivity contribution in [3.63, 3.8) is 0 Å². The van der Waals surface area contributed by atoms with Crippen molar-refractivity contribution in [2.75, 3.05) is 59.3 Å². The average molecular weight is 504 g/mol. The number of benzene rings is 1. The van der Waals surface area contributed by atoms with Gasteiger partial charge in [0.05, 0.1) is 12.9 Å². The summed E-state index contributed by atoms with van der Waals surface area (Å²) in [6, 6.07) is 6.21. The molecule has 170 valence electrons. The van der Waals surface area contributed by atoms with Gasteiger partial charge in [0.15, 0.2) is 0 Å². The van der Waals surface area contributed by atoms with Crippen molar-refractivity contribution in [2.24, 2.45) is 11.8 Å². The summed E-state index contributed by atoms with van der Waals surface area (Å²) in [6.45, 7) is 5.85. The molecule has 2 atom stereocenters. The number of sulfonamides is 1. The van der Waals surface area contributed by atoms with Crippen LogP contribution in [0, 0.1) is 11.8 Å². The zero-order valence-corrected chi connectivity index (χ0v) is 20.6. The third-order valence-electron chi connectivity index (χ3n) is 6.26. The Hall–Kier alpha value is -0.670. The van der Waals surface area contributed by atoms with E-state index >= 15 is 0 Å². The summed E-state index contributed by atoms with van der Waals surface area (Å²) in [5.41, 5.74) is 1.30. The zero-order valence-electron chi connectivity index (χ0n) is 18.2. The van der Waals surface area contributed by atoms with Gasteiger partial charge in [0.1, 0.15) is 12.4 Å². The molecule has 1 aromatic rings. The molecule has 2 saturated heterocycles. The van der Waals surface area contributed by atoms with Gasteiger partial charge in [-0.2, -0.15) is 0 Å². The molecule has 1 aromatic carbocycles. The predicted molar refractivity (Wildman–Crippen MR) is 124 cm³/mol. The molecule has 6 nitrogen and oxygen atoms in total. The van der Waals surface area contributed by atoms with Crippen LogP contribution in [0.5, 0.6) is 5.75 Å². The predicted octanol–water partition coefficient (Wildman–Crippen LogP) is 3.40. The molecule has 0 spiro atoms. The van der Waals surface area contributed by atoms with Crippen LogP contribution in [-0.2, 0) is 21.2 Å². The van der Waals surface area contributed by atoms with Gasteiger partial charge in [0, 0.05) is 31.2 Å². The number of halogens is 1. The molecule has 30 heavy (non-hydrogen) atoms. The van der Waals surface area contributed by atoms with E-state index in [0.29, 0.717) is 38.1 Å². The molecule has 2 unspecified atom stereocenters. The minimum atomic E-state index is -3.06. The van der Waals surface area contributed by atoms with Crippen LogP contribution in [0.4, 0.5) is 0 Å². The maximum atomic E-state index is 11.8. The highest BCUT2D eigenvalue weighted by Crippen LogP contribution is 2.29. The summed E-state index contributed by atoms with van der Waals surface area (Å²) in [5.74, 6) is 2.03. The van der Waals surface area contributed by atoms with E-state index in [1.165, 1.54) is 18.2 Å². The standard InChI is InChI=1S/C22H35BrN2O4S/c1-28-12-13-29-21-5-6-22(23)20(15-21)14-19-8-11-24(16-19)10-7-18-4-3-9-25(17-18)30(2,26)27/h5-6,15,18-19H,3-4,7-14,16-17H2,1-2H3. The normalized spacial score (nSPS) is 23.7. The van der Waals surface area contributed by atoms with E-state index < -0.39 is 10.0 Å². The SMILES string of the molecule is COCCOc1ccc(Br)c(CC2CCN(CCC3CCCN(S(C)(=O)=O)C3)C2)c1. The molecular formula is C22H35BrN2O4S. The fraction of sp³-hybridized carbons (Fsp3) is 0.727. The highest BCUT2D eigenvalue weighted by Gasteiger charge is 2.28. The largest absolute Gasteiger partial charge is 0.491 e. The molecule has 0 aromatic heterocycles. The topological polar surface area (TPSA) is 59.1 Å². The third-order valence-corrected chi connectivity index (χ3v) is 8.30. The van der Waals surface area contributed by atoms with Crippen LogP contribution in [0.2, 0.25) is 0 Å². The van der Waals surface area contributed by atoms with E-state index in [9.17, 15) is 8.42 Å². The molecule has 0 N–H and O–H groups in total. The first kappa shape index (κ1) is 24.0. The second-order valence-corrected chi connectivity index (χ2v) is 11.5. The Balaban J connectivity index is 1.45. The maximum absolute atomic E-state index is 11.8. The Labute approximate surface area is 190 Å². The van der Waals surface area contributed by atoms with Gasteiger partial charge in [-0.1, -0.05) is 15.9 Å². The first-order chi connectivity index (χ1) is 14.3. The van der Waals surface area contributed by atoms with E-state index in [2.05, 4.69) is 33.0 Å². The summed E-state index contributed by atoms with van der Waals surface area (Å²) in [4.78, 5) is 2.55. The van der Waals surface area contributed by atoms with Crippen LogP contribution in [0.15, 0.2) is 22.7 Å². The second-order valence-electron chi connectivity index (χ2n) is 8.67. The van der Waals surface area contributed by atoms with Crippen molar-refractivity contribution in [1.29, 1.82) is 0 Å². The number of methoxy groups -OCH3 is 1. The van der Waals surface area contributed by atoms with Gasteiger partial charge in [-0.15, -0.1) is 0 Å². The van der Waals surface area contributed by atoms with Crippen LogP contribution in [0.3, 0.4) is 0 Å². The zero-order chi connectivity index (χ0) is 21.6. The number of rotatable bonds is 10. The quantitative estimate of drug-likeness (QED) is 0.458. The van der Waals surface area contributed by atoms with Gasteiger partial charge in [-0.25, -0.2) is 12.7 Å². The lowest BCUT2D eigenvalue weighted by Gasteiger charge is -2.31. The molecule has 8 heteroatoms. The highest BCUT2D eigenvalue weighted by atomic mass is 79.9. The van der Waals surface area contributed by atoms with E-state index in [1.807, 2.05) is 6.07 Å². The van der Waals surface area contributed by atoms with Crippen molar-refractivity contribution in [2.45, 2.75) is 32.1 Å². The van der Waals surface area contributed by atoms with E-state index in [0.717, 1.165) is 55.5 Å². The molecule has 2 aliphatic rings. The van der Waals surface area contributed by atoms with Crippen LogP contribution >= 0.6 is 15.9 Å². The number of hydrogen-bond acceptors (Lipinski definition) is 5.